The monoisotopic (exact) mass is 361 g/mol. The number of carbonyl (C=O) groups excluding carboxylic acids is 3. The van der Waals surface area contributed by atoms with E-state index in [-0.39, 0.29) is 6.54 Å². The van der Waals surface area contributed by atoms with Crippen LogP contribution in [-0.4, -0.2) is 29.3 Å². The molecule has 1 aliphatic heterocycles. The van der Waals surface area contributed by atoms with E-state index in [0.717, 1.165) is 9.78 Å². The lowest BCUT2D eigenvalue weighted by atomic mass is 9.92. The third-order valence-electron chi connectivity index (χ3n) is 4.04. The van der Waals surface area contributed by atoms with E-state index in [1.165, 1.54) is 42.5 Å². The molecule has 1 saturated heterocycles. The molecule has 6 nitrogen and oxygen atoms in total. The SMILES string of the molecule is C[C@@]1(c2ccc(F)cc2)NC(=O)N(CC(=O)NCc2cccs2)C1=O. The van der Waals surface area contributed by atoms with Gasteiger partial charge in [-0.05, 0) is 36.1 Å². The molecule has 1 fully saturated rings. The summed E-state index contributed by atoms with van der Waals surface area (Å²) in [6.07, 6.45) is 0. The molecule has 25 heavy (non-hydrogen) atoms. The third kappa shape index (κ3) is 3.39. The first kappa shape index (κ1) is 17.1. The number of thiophene rings is 1. The first-order valence-electron chi connectivity index (χ1n) is 7.59. The highest BCUT2D eigenvalue weighted by atomic mass is 32.1. The van der Waals surface area contributed by atoms with Crippen molar-refractivity contribution in [2.75, 3.05) is 6.54 Å². The van der Waals surface area contributed by atoms with Gasteiger partial charge in [-0.1, -0.05) is 18.2 Å². The maximum Gasteiger partial charge on any atom is 0.325 e. The molecular weight excluding hydrogens is 345 g/mol. The minimum absolute atomic E-state index is 0.343. The first-order valence-corrected chi connectivity index (χ1v) is 8.47. The van der Waals surface area contributed by atoms with E-state index in [1.54, 1.807) is 0 Å². The Labute approximate surface area is 147 Å². The molecule has 1 atom stereocenters. The van der Waals surface area contributed by atoms with Gasteiger partial charge in [-0.15, -0.1) is 11.3 Å². The van der Waals surface area contributed by atoms with Crippen LogP contribution in [0.1, 0.15) is 17.4 Å². The van der Waals surface area contributed by atoms with Gasteiger partial charge in [0.15, 0.2) is 0 Å². The molecule has 8 heteroatoms. The largest absolute Gasteiger partial charge is 0.350 e. The number of imide groups is 1. The number of benzene rings is 1. The van der Waals surface area contributed by atoms with Crippen LogP contribution in [0.5, 0.6) is 0 Å². The van der Waals surface area contributed by atoms with Crippen molar-refractivity contribution in [1.29, 1.82) is 0 Å². The maximum absolute atomic E-state index is 13.1. The molecule has 1 aromatic heterocycles. The van der Waals surface area contributed by atoms with Crippen molar-refractivity contribution < 1.29 is 18.8 Å². The fraction of sp³-hybridized carbons (Fsp3) is 0.235. The Morgan fingerprint density at radius 2 is 2.00 bits per heavy atom. The molecule has 0 unspecified atom stereocenters. The molecule has 0 radical (unpaired) electrons. The highest BCUT2D eigenvalue weighted by Crippen LogP contribution is 2.28. The number of amides is 4. The number of nitrogens with one attached hydrogen (secondary N) is 2. The minimum Gasteiger partial charge on any atom is -0.350 e. The smallest absolute Gasteiger partial charge is 0.325 e. The molecule has 0 aliphatic carbocycles. The fourth-order valence-electron chi connectivity index (χ4n) is 2.62. The average molecular weight is 361 g/mol. The van der Waals surface area contributed by atoms with Crippen LogP contribution in [0.4, 0.5) is 9.18 Å². The Morgan fingerprint density at radius 1 is 1.28 bits per heavy atom. The van der Waals surface area contributed by atoms with E-state index in [1.807, 2.05) is 17.5 Å². The van der Waals surface area contributed by atoms with Crippen LogP contribution in [0.3, 0.4) is 0 Å². The van der Waals surface area contributed by atoms with E-state index >= 15 is 0 Å². The molecule has 2 N–H and O–H groups in total. The quantitative estimate of drug-likeness (QED) is 0.800. The zero-order chi connectivity index (χ0) is 18.0. The number of hydrogen-bond donors (Lipinski definition) is 2. The topological polar surface area (TPSA) is 78.5 Å². The molecule has 3 rings (SSSR count). The molecule has 0 spiro atoms. The predicted octanol–water partition coefficient (Wildman–Crippen LogP) is 1.97. The molecule has 130 valence electrons. The minimum atomic E-state index is -1.32. The Morgan fingerprint density at radius 3 is 2.64 bits per heavy atom. The second-order valence-electron chi connectivity index (χ2n) is 5.81. The lowest BCUT2D eigenvalue weighted by molar-refractivity contribution is -0.134. The molecule has 2 heterocycles. The van der Waals surface area contributed by atoms with Gasteiger partial charge >= 0.3 is 6.03 Å². The van der Waals surface area contributed by atoms with Gasteiger partial charge in [0.1, 0.15) is 17.9 Å². The zero-order valence-corrected chi connectivity index (χ0v) is 14.2. The molecule has 1 aliphatic rings. The van der Waals surface area contributed by atoms with Crippen LogP contribution in [-0.2, 0) is 21.7 Å². The van der Waals surface area contributed by atoms with Gasteiger partial charge in [-0.2, -0.15) is 0 Å². The van der Waals surface area contributed by atoms with E-state index in [2.05, 4.69) is 10.6 Å². The Kier molecular flexibility index (Phi) is 4.54. The number of urea groups is 1. The Hall–Kier alpha value is -2.74. The van der Waals surface area contributed by atoms with Crippen LogP contribution in [0, 0.1) is 5.82 Å². The van der Waals surface area contributed by atoms with Crippen molar-refractivity contribution in [3.05, 3.63) is 58.0 Å². The number of carbonyl (C=O) groups is 3. The second kappa shape index (κ2) is 6.64. The number of halogens is 1. The molecule has 4 amide bonds. The number of nitrogens with zero attached hydrogens (tertiary/aromatic N) is 1. The van der Waals surface area contributed by atoms with E-state index < -0.39 is 29.2 Å². The molecule has 1 aromatic carbocycles. The van der Waals surface area contributed by atoms with Crippen molar-refractivity contribution >= 4 is 29.2 Å². The van der Waals surface area contributed by atoms with Crippen molar-refractivity contribution in [1.82, 2.24) is 15.5 Å². The summed E-state index contributed by atoms with van der Waals surface area (Å²) in [6, 6.07) is 8.42. The highest BCUT2D eigenvalue weighted by molar-refractivity contribution is 7.09. The summed E-state index contributed by atoms with van der Waals surface area (Å²) >= 11 is 1.50. The van der Waals surface area contributed by atoms with Crippen LogP contribution in [0.25, 0.3) is 0 Å². The van der Waals surface area contributed by atoms with Crippen molar-refractivity contribution in [2.24, 2.45) is 0 Å². The van der Waals surface area contributed by atoms with Crippen molar-refractivity contribution in [2.45, 2.75) is 19.0 Å². The summed E-state index contributed by atoms with van der Waals surface area (Å²) in [5.41, 5.74) is -0.868. The molecule has 2 aromatic rings. The first-order chi connectivity index (χ1) is 11.9. The molecule has 0 saturated carbocycles. The van der Waals surface area contributed by atoms with Crippen LogP contribution in [0.2, 0.25) is 0 Å². The average Bonchev–Trinajstić information content (AvgIpc) is 3.17. The maximum atomic E-state index is 13.1. The van der Waals surface area contributed by atoms with Gasteiger partial charge in [0.2, 0.25) is 5.91 Å². The third-order valence-corrected chi connectivity index (χ3v) is 4.91. The fourth-order valence-corrected chi connectivity index (χ4v) is 3.26. The van der Waals surface area contributed by atoms with Crippen molar-refractivity contribution in [3.8, 4) is 0 Å². The predicted molar refractivity (Wildman–Crippen MR) is 90.2 cm³/mol. The van der Waals surface area contributed by atoms with Gasteiger partial charge in [0.05, 0.1) is 6.54 Å². The summed E-state index contributed by atoms with van der Waals surface area (Å²) in [5, 5.41) is 7.15. The van der Waals surface area contributed by atoms with Crippen molar-refractivity contribution in [3.63, 3.8) is 0 Å². The lowest BCUT2D eigenvalue weighted by Crippen LogP contribution is -2.43. The normalized spacial score (nSPS) is 19.8. The number of hydrogen-bond acceptors (Lipinski definition) is 4. The summed E-state index contributed by atoms with van der Waals surface area (Å²) in [6.45, 7) is 1.51. The van der Waals surface area contributed by atoms with Gasteiger partial charge in [-0.25, -0.2) is 9.18 Å². The Balaban J connectivity index is 1.68. The van der Waals surface area contributed by atoms with Gasteiger partial charge in [0.25, 0.3) is 5.91 Å². The zero-order valence-electron chi connectivity index (χ0n) is 13.4. The van der Waals surface area contributed by atoms with Gasteiger partial charge in [0, 0.05) is 4.88 Å². The second-order valence-corrected chi connectivity index (χ2v) is 6.84. The van der Waals surface area contributed by atoms with Crippen LogP contribution in [0.15, 0.2) is 41.8 Å². The lowest BCUT2D eigenvalue weighted by Gasteiger charge is -2.22. The van der Waals surface area contributed by atoms with E-state index in [4.69, 9.17) is 0 Å². The molecule has 0 bridgehead atoms. The molecular formula is C17H16FN3O3S. The van der Waals surface area contributed by atoms with Gasteiger partial charge < -0.3 is 10.6 Å². The van der Waals surface area contributed by atoms with E-state index in [9.17, 15) is 18.8 Å². The van der Waals surface area contributed by atoms with Crippen LogP contribution >= 0.6 is 11.3 Å². The van der Waals surface area contributed by atoms with E-state index in [0.29, 0.717) is 12.1 Å². The Bertz CT molecular complexity index is 807. The summed E-state index contributed by atoms with van der Waals surface area (Å²) in [5.74, 6) is -1.41. The summed E-state index contributed by atoms with van der Waals surface area (Å²) in [4.78, 5) is 38.7. The van der Waals surface area contributed by atoms with Crippen LogP contribution < -0.4 is 10.6 Å². The van der Waals surface area contributed by atoms with Gasteiger partial charge in [-0.3, -0.25) is 14.5 Å². The highest BCUT2D eigenvalue weighted by Gasteiger charge is 2.49. The summed E-state index contributed by atoms with van der Waals surface area (Å²) < 4.78 is 13.1. The summed E-state index contributed by atoms with van der Waals surface area (Å²) in [7, 11) is 0. The standard InChI is InChI=1S/C17H16FN3O3S/c1-17(11-4-6-12(18)7-5-11)15(23)21(16(24)20-17)10-14(22)19-9-13-3-2-8-25-13/h2-8H,9-10H2,1H3,(H,19,22)(H,20,24)/t17-/m0/s1. The number of rotatable bonds is 5.